The molecule has 17 heavy (non-hydrogen) atoms. The van der Waals surface area contributed by atoms with Crippen LogP contribution in [-0.4, -0.2) is 36.5 Å². The Morgan fingerprint density at radius 2 is 2.47 bits per heavy atom. The first-order chi connectivity index (χ1) is 8.22. The minimum Gasteiger partial charge on any atom is -0.487 e. The van der Waals surface area contributed by atoms with E-state index in [9.17, 15) is 4.79 Å². The molecule has 0 spiro atoms. The molecular weight excluding hydrogens is 240 g/mol. The van der Waals surface area contributed by atoms with Crippen LogP contribution in [0.25, 0.3) is 0 Å². The molecule has 0 bridgehead atoms. The Morgan fingerprint density at radius 3 is 3.24 bits per heavy atom. The molecule has 94 valence electrons. The number of hydrogen-bond acceptors (Lipinski definition) is 6. The van der Waals surface area contributed by atoms with E-state index in [1.165, 1.54) is 11.5 Å². The number of nitrogen functional groups attached to an aromatic ring is 1. The summed E-state index contributed by atoms with van der Waals surface area (Å²) in [5.74, 6) is 1.03. The van der Waals surface area contributed by atoms with Crippen LogP contribution in [0.5, 0.6) is 5.75 Å². The number of amides is 1. The van der Waals surface area contributed by atoms with Crippen molar-refractivity contribution in [2.45, 2.75) is 13.3 Å². The molecule has 1 aromatic rings. The van der Waals surface area contributed by atoms with Crippen LogP contribution in [0.4, 0.5) is 10.8 Å². The lowest BCUT2D eigenvalue weighted by Gasteiger charge is -2.20. The Hall–Kier alpha value is -1.50. The highest BCUT2D eigenvalue weighted by molar-refractivity contribution is 7.11. The van der Waals surface area contributed by atoms with Crippen molar-refractivity contribution >= 4 is 28.3 Å². The molecule has 0 radical (unpaired) electrons. The van der Waals surface area contributed by atoms with Crippen molar-refractivity contribution in [2.75, 3.05) is 36.9 Å². The number of ether oxygens (including phenoxy) is 1. The van der Waals surface area contributed by atoms with Crippen LogP contribution < -0.4 is 20.7 Å². The third-order valence-electron chi connectivity index (χ3n) is 2.49. The first kappa shape index (κ1) is 12.0. The largest absolute Gasteiger partial charge is 0.487 e. The highest BCUT2D eigenvalue weighted by atomic mass is 32.1. The zero-order valence-corrected chi connectivity index (χ0v) is 10.5. The van der Waals surface area contributed by atoms with Crippen molar-refractivity contribution in [3.8, 4) is 5.75 Å². The van der Waals surface area contributed by atoms with E-state index in [4.69, 9.17) is 10.5 Å². The molecule has 3 N–H and O–H groups in total. The first-order valence-electron chi connectivity index (χ1n) is 5.62. The molecule has 0 saturated carbocycles. The second kappa shape index (κ2) is 5.22. The minimum absolute atomic E-state index is 0.0249. The summed E-state index contributed by atoms with van der Waals surface area (Å²) in [6.45, 7) is 4.29. The van der Waals surface area contributed by atoms with Gasteiger partial charge in [0, 0.05) is 13.1 Å². The average Bonchev–Trinajstić information content (AvgIpc) is 2.53. The van der Waals surface area contributed by atoms with Crippen LogP contribution in [0, 0.1) is 0 Å². The van der Waals surface area contributed by atoms with Gasteiger partial charge < -0.3 is 20.7 Å². The smallest absolute Gasteiger partial charge is 0.239 e. The number of carbonyl (C=O) groups excluding carboxylic acids is 1. The second-order valence-electron chi connectivity index (χ2n) is 3.76. The number of anilines is 2. The van der Waals surface area contributed by atoms with Gasteiger partial charge in [-0.2, -0.15) is 4.37 Å². The van der Waals surface area contributed by atoms with Crippen LogP contribution in [0.3, 0.4) is 0 Å². The summed E-state index contributed by atoms with van der Waals surface area (Å²) in [5.41, 5.74) is 5.75. The number of hydrogen-bond donors (Lipinski definition) is 2. The van der Waals surface area contributed by atoms with Crippen LogP contribution in [0.2, 0.25) is 0 Å². The van der Waals surface area contributed by atoms with Gasteiger partial charge in [0.15, 0.2) is 16.6 Å². The summed E-state index contributed by atoms with van der Waals surface area (Å²) in [7, 11) is 0. The topological polar surface area (TPSA) is 80.5 Å². The predicted molar refractivity (Wildman–Crippen MR) is 67.5 cm³/mol. The second-order valence-corrected chi connectivity index (χ2v) is 4.51. The van der Waals surface area contributed by atoms with Crippen LogP contribution in [0.1, 0.15) is 13.3 Å². The zero-order valence-electron chi connectivity index (χ0n) is 9.73. The lowest BCUT2D eigenvalue weighted by Crippen LogP contribution is -2.32. The molecule has 2 heterocycles. The molecule has 1 aromatic heterocycles. The molecule has 0 unspecified atom stereocenters. The van der Waals surface area contributed by atoms with E-state index in [-0.39, 0.29) is 5.91 Å². The summed E-state index contributed by atoms with van der Waals surface area (Å²) in [5, 5.41) is 3.68. The number of nitrogens with zero attached hydrogens (tertiary/aromatic N) is 2. The zero-order chi connectivity index (χ0) is 12.3. The molecule has 1 aliphatic rings. The van der Waals surface area contributed by atoms with Gasteiger partial charge in [-0.25, -0.2) is 0 Å². The summed E-state index contributed by atoms with van der Waals surface area (Å²) in [6, 6.07) is 0. The highest BCUT2D eigenvalue weighted by Gasteiger charge is 2.22. The molecule has 1 fully saturated rings. The summed E-state index contributed by atoms with van der Waals surface area (Å²) in [6.07, 6.45) is 0.912. The molecule has 1 saturated heterocycles. The summed E-state index contributed by atoms with van der Waals surface area (Å²) in [4.78, 5) is 13.5. The van der Waals surface area contributed by atoms with Crippen molar-refractivity contribution in [2.24, 2.45) is 0 Å². The minimum atomic E-state index is 0.0249. The predicted octanol–water partition coefficient (Wildman–Crippen LogP) is 0.450. The molecular formula is C10H16N4O2S. The van der Waals surface area contributed by atoms with Gasteiger partial charge in [0.25, 0.3) is 0 Å². The third kappa shape index (κ3) is 2.60. The highest BCUT2D eigenvalue weighted by Crippen LogP contribution is 2.38. The van der Waals surface area contributed by atoms with E-state index in [1.54, 1.807) is 0 Å². The normalized spacial score (nSPS) is 16.5. The maximum absolute atomic E-state index is 11.5. The molecule has 1 amide bonds. The van der Waals surface area contributed by atoms with Gasteiger partial charge in [-0.15, -0.1) is 0 Å². The quantitative estimate of drug-likeness (QED) is 0.820. The molecule has 1 aliphatic heterocycles. The SMILES string of the molecule is CCOc1c(N)nsc1N1CCCNC(=O)C1. The van der Waals surface area contributed by atoms with Crippen LogP contribution in [0.15, 0.2) is 0 Å². The third-order valence-corrected chi connectivity index (χ3v) is 3.40. The molecule has 7 heteroatoms. The fraction of sp³-hybridized carbons (Fsp3) is 0.600. The molecule has 2 rings (SSSR count). The average molecular weight is 256 g/mol. The van der Waals surface area contributed by atoms with Gasteiger partial charge in [0.1, 0.15) is 0 Å². The van der Waals surface area contributed by atoms with Crippen molar-refractivity contribution < 1.29 is 9.53 Å². The Kier molecular flexibility index (Phi) is 3.68. The number of aromatic nitrogens is 1. The van der Waals surface area contributed by atoms with Crippen LogP contribution >= 0.6 is 11.5 Å². The Morgan fingerprint density at radius 1 is 1.65 bits per heavy atom. The van der Waals surface area contributed by atoms with Gasteiger partial charge in [0.05, 0.1) is 13.2 Å². The number of carbonyl (C=O) groups is 1. The van der Waals surface area contributed by atoms with E-state index in [0.29, 0.717) is 31.3 Å². The van der Waals surface area contributed by atoms with E-state index < -0.39 is 0 Å². The van der Waals surface area contributed by atoms with Crippen molar-refractivity contribution in [3.05, 3.63) is 0 Å². The Labute approximate surface area is 104 Å². The Bertz CT molecular complexity index is 407. The van der Waals surface area contributed by atoms with Crippen LogP contribution in [-0.2, 0) is 4.79 Å². The van der Waals surface area contributed by atoms with Crippen molar-refractivity contribution in [3.63, 3.8) is 0 Å². The number of nitrogens with one attached hydrogen (secondary N) is 1. The first-order valence-corrected chi connectivity index (χ1v) is 6.39. The van der Waals surface area contributed by atoms with Crippen molar-refractivity contribution in [1.82, 2.24) is 9.69 Å². The van der Waals surface area contributed by atoms with Crippen molar-refractivity contribution in [1.29, 1.82) is 0 Å². The van der Waals surface area contributed by atoms with E-state index in [2.05, 4.69) is 9.69 Å². The van der Waals surface area contributed by atoms with E-state index in [1.807, 2.05) is 11.8 Å². The maximum atomic E-state index is 11.5. The molecule has 6 nitrogen and oxygen atoms in total. The van der Waals surface area contributed by atoms with Gasteiger partial charge >= 0.3 is 0 Å². The summed E-state index contributed by atoms with van der Waals surface area (Å²) >= 11 is 1.28. The van der Waals surface area contributed by atoms with E-state index in [0.717, 1.165) is 18.0 Å². The standard InChI is InChI=1S/C10H16N4O2S/c1-2-16-8-9(11)13-17-10(8)14-5-3-4-12-7(15)6-14/h2-6H2,1H3,(H2,11,13)(H,12,15). The number of nitrogens with two attached hydrogens (primary N) is 1. The van der Waals surface area contributed by atoms with Gasteiger partial charge in [-0.3, -0.25) is 4.79 Å². The maximum Gasteiger partial charge on any atom is 0.239 e. The molecule has 0 aromatic carbocycles. The molecule has 0 atom stereocenters. The monoisotopic (exact) mass is 256 g/mol. The van der Waals surface area contributed by atoms with Gasteiger partial charge in [0.2, 0.25) is 5.91 Å². The Balaban J connectivity index is 2.22. The summed E-state index contributed by atoms with van der Waals surface area (Å²) < 4.78 is 9.57. The molecule has 0 aliphatic carbocycles. The fourth-order valence-corrected chi connectivity index (χ4v) is 2.53. The lowest BCUT2D eigenvalue weighted by atomic mass is 10.4. The lowest BCUT2D eigenvalue weighted by molar-refractivity contribution is -0.119. The fourth-order valence-electron chi connectivity index (χ4n) is 1.75. The van der Waals surface area contributed by atoms with E-state index >= 15 is 0 Å². The number of rotatable bonds is 3. The van der Waals surface area contributed by atoms with Gasteiger partial charge in [-0.05, 0) is 24.9 Å². The van der Waals surface area contributed by atoms with Gasteiger partial charge in [-0.1, -0.05) is 0 Å².